The van der Waals surface area contributed by atoms with Gasteiger partial charge in [0.05, 0.1) is 52.4 Å². The summed E-state index contributed by atoms with van der Waals surface area (Å²) in [6, 6.07) is 0. The zero-order chi connectivity index (χ0) is 43.2. The van der Waals surface area contributed by atoms with Gasteiger partial charge in [-0.3, -0.25) is 39.9 Å². The number of nitrogens with one attached hydrogen (secondary N) is 4. The van der Waals surface area contributed by atoms with Crippen LogP contribution in [-0.4, -0.2) is 152 Å². The first-order chi connectivity index (χ1) is 26.7. The lowest BCUT2D eigenvalue weighted by molar-refractivity contribution is 0.667. The molecule has 0 aliphatic carbocycles. The molecular formula is C44H92N12. The number of hydrogen-bond acceptors (Lipinski definition) is 12. The minimum absolute atomic E-state index is 0.704. The van der Waals surface area contributed by atoms with Crippen LogP contribution in [0.4, 0.5) is 0 Å². The Hall–Kier alpha value is -2.80. The lowest BCUT2D eigenvalue weighted by Gasteiger charge is -2.06. The van der Waals surface area contributed by atoms with E-state index in [-0.39, 0.29) is 0 Å². The van der Waals surface area contributed by atoms with Crippen molar-refractivity contribution in [3.8, 4) is 0 Å². The molecule has 0 atom stereocenters. The molecule has 0 radical (unpaired) electrons. The van der Waals surface area contributed by atoms with Gasteiger partial charge < -0.3 is 21.3 Å². The molecule has 0 saturated carbocycles. The first-order valence-corrected chi connectivity index (χ1v) is 21.3. The van der Waals surface area contributed by atoms with Crippen LogP contribution in [0.5, 0.6) is 0 Å². The second kappa shape index (κ2) is 48.3. The van der Waals surface area contributed by atoms with E-state index in [1.807, 2.05) is 27.7 Å². The molecule has 0 unspecified atom stereocenters. The fraction of sp³-hybridized carbons (Fsp3) is 0.818. The molecular weight excluding hydrogens is 697 g/mol. The molecule has 0 aromatic carbocycles. The van der Waals surface area contributed by atoms with Gasteiger partial charge in [-0.2, -0.15) is 0 Å². The predicted molar refractivity (Wildman–Crippen MR) is 259 cm³/mol. The fourth-order valence-electron chi connectivity index (χ4n) is 4.37. The second-order valence-electron chi connectivity index (χ2n) is 14.9. The smallest absolute Gasteiger partial charge is 0.0513 e. The largest absolute Gasteiger partial charge is 0.313 e. The SMILES string of the molecule is C=NCCNCCN=C.CC(C)=NCCNCCN=C(C)C.CC(CC(C)C)=NCCNCCN=C(C)CC(C)C.CCC(C)=NCCNCCN=C(C)CC. The average Bonchev–Trinajstić information content (AvgIpc) is 3.13. The third kappa shape index (κ3) is 63.2. The molecule has 0 aromatic heterocycles. The highest BCUT2D eigenvalue weighted by atomic mass is 14.9. The van der Waals surface area contributed by atoms with Gasteiger partial charge in [0.2, 0.25) is 0 Å². The lowest BCUT2D eigenvalue weighted by atomic mass is 10.1. The normalized spacial score (nSPS) is 11.9. The molecule has 0 bridgehead atoms. The van der Waals surface area contributed by atoms with E-state index in [9.17, 15) is 0 Å². The Labute approximate surface area is 347 Å². The van der Waals surface area contributed by atoms with Crippen LogP contribution in [0.25, 0.3) is 0 Å². The minimum Gasteiger partial charge on any atom is -0.313 e. The molecule has 0 fully saturated rings. The molecule has 0 amide bonds. The van der Waals surface area contributed by atoms with Gasteiger partial charge in [0.15, 0.2) is 0 Å². The summed E-state index contributed by atoms with van der Waals surface area (Å²) in [5.74, 6) is 1.41. The van der Waals surface area contributed by atoms with E-state index in [2.05, 4.69) is 144 Å². The quantitative estimate of drug-likeness (QED) is 0.0443. The monoisotopic (exact) mass is 789 g/mol. The van der Waals surface area contributed by atoms with Crippen LogP contribution in [0, 0.1) is 11.8 Å². The maximum absolute atomic E-state index is 4.55. The van der Waals surface area contributed by atoms with Crippen molar-refractivity contribution in [1.82, 2.24) is 21.3 Å². The first kappa shape index (κ1) is 59.9. The zero-order valence-corrected chi connectivity index (χ0v) is 39.3. The third-order valence-electron chi connectivity index (χ3n) is 7.44. The second-order valence-corrected chi connectivity index (χ2v) is 14.9. The van der Waals surface area contributed by atoms with Crippen LogP contribution in [0.15, 0.2) is 39.9 Å². The molecule has 56 heavy (non-hydrogen) atoms. The average molecular weight is 789 g/mol. The van der Waals surface area contributed by atoms with Gasteiger partial charge >= 0.3 is 0 Å². The van der Waals surface area contributed by atoms with Crippen molar-refractivity contribution < 1.29 is 0 Å². The Morgan fingerprint density at radius 3 is 0.821 bits per heavy atom. The zero-order valence-electron chi connectivity index (χ0n) is 39.3. The summed E-state index contributed by atoms with van der Waals surface area (Å²) in [5, 5.41) is 13.1. The highest BCUT2D eigenvalue weighted by Gasteiger charge is 1.98. The molecule has 328 valence electrons. The van der Waals surface area contributed by atoms with Gasteiger partial charge in [-0.05, 0) is 106 Å². The molecule has 0 rings (SSSR count). The van der Waals surface area contributed by atoms with Crippen LogP contribution < -0.4 is 21.3 Å². The van der Waals surface area contributed by atoms with Crippen LogP contribution in [0.3, 0.4) is 0 Å². The Bertz CT molecular complexity index is 984. The summed E-state index contributed by atoms with van der Waals surface area (Å²) < 4.78 is 0. The summed E-state index contributed by atoms with van der Waals surface area (Å²) in [4.78, 5) is 33.8. The highest BCUT2D eigenvalue weighted by molar-refractivity contribution is 5.83. The lowest BCUT2D eigenvalue weighted by Crippen LogP contribution is -2.21. The van der Waals surface area contributed by atoms with Gasteiger partial charge in [-0.25, -0.2) is 0 Å². The highest BCUT2D eigenvalue weighted by Crippen LogP contribution is 2.01. The van der Waals surface area contributed by atoms with Crippen LogP contribution in [0.1, 0.15) is 123 Å². The number of aliphatic imine (C=N–C) groups is 8. The Morgan fingerprint density at radius 1 is 0.375 bits per heavy atom. The molecule has 12 nitrogen and oxygen atoms in total. The minimum atomic E-state index is 0.704. The first-order valence-electron chi connectivity index (χ1n) is 21.3. The van der Waals surface area contributed by atoms with Gasteiger partial charge in [-0.15, -0.1) is 0 Å². The summed E-state index contributed by atoms with van der Waals surface area (Å²) in [5.41, 5.74) is 7.28. The third-order valence-corrected chi connectivity index (χ3v) is 7.44. The molecule has 4 N–H and O–H groups in total. The summed E-state index contributed by atoms with van der Waals surface area (Å²) >= 11 is 0. The molecule has 0 saturated heterocycles. The standard InChI is InChI=1S/C16H33N3.C12H25N3.C10H21N3.C6H13N3/c1-13(2)11-15(5)18-9-7-17-8-10-19-16(6)12-14(3)4;1-5-11(3)14-9-7-13-8-10-15-12(4)6-2;1-9(2)12-7-5-11-6-8-13-10(3)4;1-7-3-5-9-6-4-8-2/h13-14,17H,7-12H2,1-6H3;13H,5-10H2,1-4H3;11H,5-8H2,1-4H3;9H,1-6H2. The number of rotatable bonds is 30. The fourth-order valence-corrected chi connectivity index (χ4v) is 4.37. The molecule has 0 spiro atoms. The van der Waals surface area contributed by atoms with E-state index in [1.165, 1.54) is 22.8 Å². The summed E-state index contributed by atoms with van der Waals surface area (Å²) in [6.07, 6.45) is 4.33. The van der Waals surface area contributed by atoms with Gasteiger partial charge in [0.25, 0.3) is 0 Å². The van der Waals surface area contributed by atoms with Crippen molar-refractivity contribution in [2.75, 3.05) is 105 Å². The summed E-state index contributed by atoms with van der Waals surface area (Å²) in [7, 11) is 0. The van der Waals surface area contributed by atoms with Crippen LogP contribution in [-0.2, 0) is 0 Å². The van der Waals surface area contributed by atoms with Crippen molar-refractivity contribution in [3.63, 3.8) is 0 Å². The maximum atomic E-state index is 4.55. The van der Waals surface area contributed by atoms with Crippen LogP contribution >= 0.6 is 0 Å². The van der Waals surface area contributed by atoms with E-state index < -0.39 is 0 Å². The predicted octanol–water partition coefficient (Wildman–Crippen LogP) is 7.42. The van der Waals surface area contributed by atoms with Crippen molar-refractivity contribution in [1.29, 1.82) is 0 Å². The van der Waals surface area contributed by atoms with Crippen molar-refractivity contribution >= 4 is 47.7 Å². The van der Waals surface area contributed by atoms with E-state index in [0.717, 1.165) is 142 Å². The van der Waals surface area contributed by atoms with Crippen molar-refractivity contribution in [2.24, 2.45) is 51.8 Å². The molecule has 0 aliphatic heterocycles. The van der Waals surface area contributed by atoms with E-state index in [0.29, 0.717) is 11.8 Å². The summed E-state index contributed by atoms with van der Waals surface area (Å²) in [6.45, 7) is 50.7. The van der Waals surface area contributed by atoms with Gasteiger partial charge in [0, 0.05) is 86.6 Å². The van der Waals surface area contributed by atoms with Crippen LogP contribution in [0.2, 0.25) is 0 Å². The van der Waals surface area contributed by atoms with Gasteiger partial charge in [-0.1, -0.05) is 41.5 Å². The topological polar surface area (TPSA) is 147 Å². The number of nitrogens with zero attached hydrogens (tertiary/aromatic N) is 8. The Kier molecular flexibility index (Phi) is 51.7. The van der Waals surface area contributed by atoms with E-state index in [1.54, 1.807) is 0 Å². The van der Waals surface area contributed by atoms with Crippen molar-refractivity contribution in [2.45, 2.75) is 123 Å². The Morgan fingerprint density at radius 2 is 0.607 bits per heavy atom. The van der Waals surface area contributed by atoms with E-state index in [4.69, 9.17) is 0 Å². The van der Waals surface area contributed by atoms with E-state index >= 15 is 0 Å². The van der Waals surface area contributed by atoms with Crippen molar-refractivity contribution in [3.05, 3.63) is 0 Å². The Balaban J connectivity index is -0.000000332. The molecule has 0 heterocycles. The van der Waals surface area contributed by atoms with Gasteiger partial charge in [0.1, 0.15) is 0 Å². The molecule has 0 aromatic rings. The number of hydrogen-bond donors (Lipinski definition) is 4. The molecule has 12 heteroatoms. The maximum Gasteiger partial charge on any atom is 0.0513 e. The molecule has 0 aliphatic rings.